The van der Waals surface area contributed by atoms with E-state index in [9.17, 15) is 4.79 Å². The second-order valence-electron chi connectivity index (χ2n) is 16.8. The van der Waals surface area contributed by atoms with Crippen molar-refractivity contribution < 1.29 is 23.4 Å². The number of aromatic amines is 1. The van der Waals surface area contributed by atoms with Gasteiger partial charge < -0.3 is 24.8 Å². The zero-order chi connectivity index (χ0) is 36.2. The maximum atomic E-state index is 17.6. The summed E-state index contributed by atoms with van der Waals surface area (Å²) in [6, 6.07) is 5.81. The van der Waals surface area contributed by atoms with Gasteiger partial charge in [-0.2, -0.15) is 15.1 Å². The van der Waals surface area contributed by atoms with Gasteiger partial charge in [-0.1, -0.05) is 23.7 Å². The zero-order valence-corrected chi connectivity index (χ0v) is 31.4. The molecule has 9 heterocycles. The summed E-state index contributed by atoms with van der Waals surface area (Å²) in [5, 5.41) is 9.33. The molecule has 5 aromatic rings. The van der Waals surface area contributed by atoms with E-state index >= 15 is 4.39 Å². The number of halogens is 2. The zero-order valence-electron chi connectivity index (χ0n) is 29.8. The molecule has 0 spiro atoms. The molecule has 0 amide bonds. The number of piperazine rings is 1. The first-order valence-electron chi connectivity index (χ1n) is 18.6. The number of hydrogen-bond acceptors (Lipinski definition) is 12. The van der Waals surface area contributed by atoms with Crippen LogP contribution < -0.4 is 20.1 Å². The molecule has 0 aliphatic carbocycles. The largest absolute Gasteiger partial charge is 0.489 e. The van der Waals surface area contributed by atoms with Crippen LogP contribution in [0, 0.1) is 5.82 Å². The Morgan fingerprint density at radius 3 is 2.75 bits per heavy atom. The minimum Gasteiger partial charge on any atom is -0.489 e. The van der Waals surface area contributed by atoms with Gasteiger partial charge in [-0.25, -0.2) is 4.39 Å². The van der Waals surface area contributed by atoms with E-state index in [0.29, 0.717) is 54.3 Å². The standard InChI is InChI=1S/C38H40ClFN8O4S/c1-36(2,3)52-34(49)38-13-18-15-47-21(20(14-38)48(18)38)16-50-30-26-29(42-35(43-32(26)47)51-17-37-9-5-11-46(37)12-6-10-37)28(40)24(27(30)39)19-7-4-8-22-23(19)25-31(41)44-45-33(25)53-22/h4,7-8,18,20-21H,5-6,9-17H2,1-3H3,(H3,41,44,45)/t18?,20?,21-,38?/m1/s1. The number of rotatable bonds is 5. The van der Waals surface area contributed by atoms with Crippen molar-refractivity contribution in [1.29, 1.82) is 0 Å². The van der Waals surface area contributed by atoms with Crippen LogP contribution in [0.3, 0.4) is 0 Å². The number of hydrogen-bond donors (Lipinski definition) is 2. The van der Waals surface area contributed by atoms with Crippen LogP contribution in [-0.4, -0.2) is 104 Å². The molecule has 0 saturated carbocycles. The smallest absolute Gasteiger partial charge is 0.327 e. The fourth-order valence-corrected chi connectivity index (χ4v) is 12.0. The highest BCUT2D eigenvalue weighted by Gasteiger charge is 2.72. The lowest BCUT2D eigenvalue weighted by Crippen LogP contribution is -2.89. The number of ether oxygens (including phenoxy) is 3. The highest BCUT2D eigenvalue weighted by atomic mass is 35.5. The van der Waals surface area contributed by atoms with Gasteiger partial charge >= 0.3 is 12.0 Å². The fourth-order valence-electron chi connectivity index (χ4n) is 10.6. The number of esters is 1. The van der Waals surface area contributed by atoms with E-state index in [4.69, 9.17) is 41.5 Å². The lowest BCUT2D eigenvalue weighted by molar-refractivity contribution is -0.240. The SMILES string of the molecule is CC(C)(C)OC(=O)C12CC3CN4c5nc(OCC67CCCN6CCC7)nc6c(F)c(-c7cccc8sc9n[nH]c(N)c9c78)c(Cl)c(c56)OC[C@@H]4C(C1)N32. The Labute approximate surface area is 313 Å². The van der Waals surface area contributed by atoms with Gasteiger partial charge in [0.2, 0.25) is 0 Å². The Balaban J connectivity index is 1.06. The van der Waals surface area contributed by atoms with E-state index in [-0.39, 0.29) is 58.4 Å². The van der Waals surface area contributed by atoms with Crippen LogP contribution >= 0.6 is 22.9 Å². The number of nitrogens with two attached hydrogens (primary N) is 1. The molecule has 5 fully saturated rings. The van der Waals surface area contributed by atoms with Crippen molar-refractivity contribution in [3.05, 3.63) is 29.0 Å². The van der Waals surface area contributed by atoms with E-state index in [1.807, 2.05) is 39.0 Å². The number of anilines is 2. The lowest BCUT2D eigenvalue weighted by Gasteiger charge is -2.73. The van der Waals surface area contributed by atoms with E-state index in [0.717, 1.165) is 59.1 Å². The number of fused-ring (bicyclic) bond motifs is 7. The number of nitrogen functional groups attached to an aromatic ring is 1. The Hall–Kier alpha value is -3.98. The third kappa shape index (κ3) is 4.34. The Bertz CT molecular complexity index is 2400. The summed E-state index contributed by atoms with van der Waals surface area (Å²) in [5.74, 6) is 0.561. The van der Waals surface area contributed by atoms with Gasteiger partial charge in [0.1, 0.15) is 46.3 Å². The van der Waals surface area contributed by atoms with Gasteiger partial charge in [-0.15, -0.1) is 11.3 Å². The highest BCUT2D eigenvalue weighted by molar-refractivity contribution is 7.25. The summed E-state index contributed by atoms with van der Waals surface area (Å²) >= 11 is 8.80. The average molecular weight is 759 g/mol. The summed E-state index contributed by atoms with van der Waals surface area (Å²) in [4.78, 5) is 31.2. The van der Waals surface area contributed by atoms with Gasteiger partial charge in [-0.3, -0.25) is 19.7 Å². The highest BCUT2D eigenvalue weighted by Crippen LogP contribution is 2.59. The van der Waals surface area contributed by atoms with Crippen molar-refractivity contribution in [2.24, 2.45) is 0 Å². The Morgan fingerprint density at radius 1 is 1.15 bits per heavy atom. The second kappa shape index (κ2) is 10.8. The van der Waals surface area contributed by atoms with Crippen LogP contribution in [0.2, 0.25) is 5.02 Å². The van der Waals surface area contributed by atoms with Crippen molar-refractivity contribution in [3.8, 4) is 22.9 Å². The number of carbonyl (C=O) groups is 1. The van der Waals surface area contributed by atoms with Crippen molar-refractivity contribution in [1.82, 2.24) is 30.0 Å². The second-order valence-corrected chi connectivity index (χ2v) is 18.2. The molecule has 2 aromatic carbocycles. The van der Waals surface area contributed by atoms with Gasteiger partial charge in [0.15, 0.2) is 11.6 Å². The summed E-state index contributed by atoms with van der Waals surface area (Å²) < 4.78 is 37.6. The molecule has 53 heavy (non-hydrogen) atoms. The van der Waals surface area contributed by atoms with Crippen molar-refractivity contribution in [3.63, 3.8) is 0 Å². The van der Waals surface area contributed by atoms with E-state index in [2.05, 4.69) is 24.9 Å². The number of aromatic nitrogens is 4. The number of nitrogens with one attached hydrogen (secondary N) is 1. The molecule has 4 atom stereocenters. The first-order valence-corrected chi connectivity index (χ1v) is 19.8. The number of benzene rings is 2. The minimum absolute atomic E-state index is 0.0168. The third-order valence-electron chi connectivity index (χ3n) is 12.8. The summed E-state index contributed by atoms with van der Waals surface area (Å²) in [5.41, 5.74) is 5.99. The van der Waals surface area contributed by atoms with Crippen LogP contribution in [0.15, 0.2) is 18.2 Å². The predicted molar refractivity (Wildman–Crippen MR) is 202 cm³/mol. The molecule has 3 N–H and O–H groups in total. The van der Waals surface area contributed by atoms with Crippen molar-refractivity contribution >= 4 is 71.7 Å². The van der Waals surface area contributed by atoms with Gasteiger partial charge in [0.05, 0.1) is 27.4 Å². The molecule has 11 rings (SSSR count). The summed E-state index contributed by atoms with van der Waals surface area (Å²) in [6.07, 6.45) is 5.71. The number of nitrogens with zero attached hydrogens (tertiary/aromatic N) is 6. The number of carbonyl (C=O) groups excluding carboxylic acids is 1. The van der Waals surface area contributed by atoms with Crippen LogP contribution in [0.5, 0.6) is 11.8 Å². The number of H-pyrrole nitrogens is 1. The van der Waals surface area contributed by atoms with Crippen molar-refractivity contribution in [2.45, 2.75) is 94.1 Å². The molecule has 0 bridgehead atoms. The van der Waals surface area contributed by atoms with Gasteiger partial charge in [-0.05, 0) is 84.0 Å². The molecule has 12 nitrogen and oxygen atoms in total. The molecule has 5 saturated heterocycles. The minimum atomic E-state index is -0.618. The topological polar surface area (TPSA) is 135 Å². The molecule has 6 aliphatic heterocycles. The average Bonchev–Trinajstić information content (AvgIpc) is 3.84. The molecule has 276 valence electrons. The monoisotopic (exact) mass is 758 g/mol. The fraction of sp³-hybridized carbons (Fsp3) is 0.526. The van der Waals surface area contributed by atoms with Crippen LogP contribution in [0.25, 0.3) is 42.3 Å². The van der Waals surface area contributed by atoms with E-state index in [1.165, 1.54) is 11.3 Å². The molecular formula is C38H40ClFN8O4S. The molecule has 15 heteroatoms. The van der Waals surface area contributed by atoms with Crippen LogP contribution in [0.1, 0.15) is 59.3 Å². The van der Waals surface area contributed by atoms with Gasteiger partial charge in [0.25, 0.3) is 0 Å². The molecule has 6 aliphatic rings. The van der Waals surface area contributed by atoms with Crippen molar-refractivity contribution in [2.75, 3.05) is 43.5 Å². The van der Waals surface area contributed by atoms with Crippen LogP contribution in [-0.2, 0) is 9.53 Å². The quantitative estimate of drug-likeness (QED) is 0.196. The Kier molecular flexibility index (Phi) is 6.63. The number of thiophene rings is 1. The van der Waals surface area contributed by atoms with E-state index in [1.54, 1.807) is 0 Å². The predicted octanol–water partition coefficient (Wildman–Crippen LogP) is 6.28. The maximum absolute atomic E-state index is 17.6. The molecule has 0 radical (unpaired) electrons. The first-order chi connectivity index (χ1) is 25.5. The third-order valence-corrected chi connectivity index (χ3v) is 14.2. The molecular weight excluding hydrogens is 719 g/mol. The first kappa shape index (κ1) is 32.5. The Morgan fingerprint density at radius 2 is 1.96 bits per heavy atom. The van der Waals surface area contributed by atoms with E-state index < -0.39 is 17.0 Å². The summed E-state index contributed by atoms with van der Waals surface area (Å²) in [6.45, 7) is 9.13. The lowest BCUT2D eigenvalue weighted by atomic mass is 9.60. The normalized spacial score (nSPS) is 27.2. The summed E-state index contributed by atoms with van der Waals surface area (Å²) in [7, 11) is 0. The van der Waals surface area contributed by atoms with Gasteiger partial charge in [0, 0.05) is 34.3 Å². The number of piperidine rings is 1. The molecule has 3 unspecified atom stereocenters. The maximum Gasteiger partial charge on any atom is 0.327 e. The van der Waals surface area contributed by atoms with Crippen LogP contribution in [0.4, 0.5) is 16.0 Å². The molecule has 3 aromatic heterocycles.